The first kappa shape index (κ1) is 16.5. The molecule has 3 nitrogen and oxygen atoms in total. The number of rotatable bonds is 3. The summed E-state index contributed by atoms with van der Waals surface area (Å²) in [6, 6.07) is 14.4. The predicted molar refractivity (Wildman–Crippen MR) is 98.4 cm³/mol. The number of benzene rings is 3. The molecule has 0 bridgehead atoms. The summed E-state index contributed by atoms with van der Waals surface area (Å²) in [4.78, 5) is 11.9. The van der Waals surface area contributed by atoms with E-state index in [2.05, 4.69) is 0 Å². The third-order valence-corrected chi connectivity index (χ3v) is 4.68. The zero-order valence-corrected chi connectivity index (χ0v) is 14.2. The fourth-order valence-electron chi connectivity index (χ4n) is 3.31. The Hall–Kier alpha value is -2.92. The summed E-state index contributed by atoms with van der Waals surface area (Å²) in [7, 11) is 0. The molecule has 0 spiro atoms. The monoisotopic (exact) mass is 370 g/mol. The Labute approximate surface area is 152 Å². The van der Waals surface area contributed by atoms with Crippen molar-refractivity contribution in [2.75, 3.05) is 0 Å². The lowest BCUT2D eigenvalue weighted by Gasteiger charge is -2.09. The molecule has 0 radical (unpaired) electrons. The Morgan fingerprint density at radius 3 is 2.54 bits per heavy atom. The van der Waals surface area contributed by atoms with E-state index in [0.29, 0.717) is 28.1 Å². The first-order chi connectivity index (χ1) is 12.5. The van der Waals surface area contributed by atoms with Gasteiger partial charge in [-0.15, -0.1) is 0 Å². The minimum atomic E-state index is -0.904. The van der Waals surface area contributed by atoms with Crippen molar-refractivity contribution in [2.24, 2.45) is 5.73 Å². The van der Waals surface area contributed by atoms with E-state index in [-0.39, 0.29) is 0 Å². The quantitative estimate of drug-likeness (QED) is 0.549. The Kier molecular flexibility index (Phi) is 3.89. The lowest BCUT2D eigenvalue weighted by molar-refractivity contribution is 0.100. The van der Waals surface area contributed by atoms with E-state index in [4.69, 9.17) is 17.3 Å². The van der Waals surface area contributed by atoms with Crippen molar-refractivity contribution >= 4 is 39.3 Å². The van der Waals surface area contributed by atoms with Crippen molar-refractivity contribution in [1.82, 2.24) is 4.57 Å². The van der Waals surface area contributed by atoms with Crippen LogP contribution < -0.4 is 5.73 Å². The molecular formula is C20H13ClF2N2O. The largest absolute Gasteiger partial charge is 0.366 e. The van der Waals surface area contributed by atoms with Crippen LogP contribution in [0, 0.1) is 11.6 Å². The minimum Gasteiger partial charge on any atom is -0.366 e. The van der Waals surface area contributed by atoms with Gasteiger partial charge in [0.2, 0.25) is 5.91 Å². The van der Waals surface area contributed by atoms with Gasteiger partial charge in [0.05, 0.1) is 11.0 Å². The van der Waals surface area contributed by atoms with Crippen LogP contribution in [-0.4, -0.2) is 10.5 Å². The van der Waals surface area contributed by atoms with Gasteiger partial charge in [-0.1, -0.05) is 29.8 Å². The van der Waals surface area contributed by atoms with Gasteiger partial charge >= 0.3 is 0 Å². The molecule has 0 unspecified atom stereocenters. The van der Waals surface area contributed by atoms with Crippen LogP contribution in [0.15, 0.2) is 54.6 Å². The molecule has 0 fully saturated rings. The van der Waals surface area contributed by atoms with Crippen molar-refractivity contribution in [3.63, 3.8) is 0 Å². The Balaban J connectivity index is 2.03. The van der Waals surface area contributed by atoms with Crippen LogP contribution >= 0.6 is 11.6 Å². The van der Waals surface area contributed by atoms with Crippen molar-refractivity contribution in [3.05, 3.63) is 82.4 Å². The van der Waals surface area contributed by atoms with Gasteiger partial charge in [-0.3, -0.25) is 4.79 Å². The summed E-state index contributed by atoms with van der Waals surface area (Å²) in [6.07, 6.45) is 0. The molecule has 0 saturated heterocycles. The first-order valence-electron chi connectivity index (χ1n) is 7.90. The molecule has 0 atom stereocenters. The molecule has 4 aromatic rings. The summed E-state index contributed by atoms with van der Waals surface area (Å²) in [5, 5.41) is 2.07. The number of nitrogens with zero attached hydrogens (tertiary/aromatic N) is 1. The van der Waals surface area contributed by atoms with E-state index in [9.17, 15) is 13.6 Å². The van der Waals surface area contributed by atoms with Crippen LogP contribution in [-0.2, 0) is 6.54 Å². The smallest absolute Gasteiger partial charge is 0.249 e. The van der Waals surface area contributed by atoms with Crippen molar-refractivity contribution < 1.29 is 13.6 Å². The van der Waals surface area contributed by atoms with Gasteiger partial charge in [0, 0.05) is 27.9 Å². The van der Waals surface area contributed by atoms with Gasteiger partial charge in [0.15, 0.2) is 11.6 Å². The SMILES string of the molecule is NC(=O)c1cccc2c1c1ccc(Cl)cc1n2Cc1ccc(F)c(F)c1. The van der Waals surface area contributed by atoms with Gasteiger partial charge in [-0.05, 0) is 42.0 Å². The molecule has 26 heavy (non-hydrogen) atoms. The van der Waals surface area contributed by atoms with Crippen LogP contribution in [0.25, 0.3) is 21.8 Å². The third-order valence-electron chi connectivity index (χ3n) is 4.44. The van der Waals surface area contributed by atoms with Gasteiger partial charge in [0.25, 0.3) is 0 Å². The predicted octanol–water partition coefficient (Wildman–Crippen LogP) is 4.87. The average Bonchev–Trinajstić information content (AvgIpc) is 2.91. The number of nitrogens with two attached hydrogens (primary N) is 1. The molecule has 130 valence electrons. The van der Waals surface area contributed by atoms with E-state index in [1.54, 1.807) is 24.3 Å². The number of hydrogen-bond donors (Lipinski definition) is 1. The average molecular weight is 371 g/mol. The fraction of sp³-hybridized carbons (Fsp3) is 0.0500. The van der Waals surface area contributed by atoms with Gasteiger partial charge in [-0.2, -0.15) is 0 Å². The maximum Gasteiger partial charge on any atom is 0.249 e. The zero-order valence-electron chi connectivity index (χ0n) is 13.5. The van der Waals surface area contributed by atoms with Crippen molar-refractivity contribution in [2.45, 2.75) is 6.54 Å². The molecule has 1 heterocycles. The summed E-state index contributed by atoms with van der Waals surface area (Å²) >= 11 is 6.15. The second kappa shape index (κ2) is 6.11. The molecule has 0 aliphatic carbocycles. The van der Waals surface area contributed by atoms with Crippen molar-refractivity contribution in [3.8, 4) is 0 Å². The highest BCUT2D eigenvalue weighted by atomic mass is 35.5. The lowest BCUT2D eigenvalue weighted by atomic mass is 10.1. The number of hydrogen-bond acceptors (Lipinski definition) is 1. The summed E-state index contributed by atoms with van der Waals surface area (Å²) in [5.41, 5.74) is 8.08. The highest BCUT2D eigenvalue weighted by Gasteiger charge is 2.17. The molecule has 0 aliphatic rings. The lowest BCUT2D eigenvalue weighted by Crippen LogP contribution is -2.11. The van der Waals surface area contributed by atoms with Gasteiger partial charge < -0.3 is 10.3 Å². The van der Waals surface area contributed by atoms with E-state index < -0.39 is 17.5 Å². The normalized spacial score (nSPS) is 11.3. The summed E-state index contributed by atoms with van der Waals surface area (Å²) in [6.45, 7) is 0.291. The minimum absolute atomic E-state index is 0.291. The number of amides is 1. The number of halogens is 3. The number of primary amides is 1. The molecule has 6 heteroatoms. The van der Waals surface area contributed by atoms with E-state index >= 15 is 0 Å². The van der Waals surface area contributed by atoms with Crippen LogP contribution in [0.2, 0.25) is 5.02 Å². The third kappa shape index (κ3) is 2.61. The number of fused-ring (bicyclic) bond motifs is 3. The second-order valence-electron chi connectivity index (χ2n) is 6.06. The Morgan fingerprint density at radius 1 is 1.00 bits per heavy atom. The zero-order chi connectivity index (χ0) is 18.4. The summed E-state index contributed by atoms with van der Waals surface area (Å²) in [5.74, 6) is -2.33. The molecule has 0 saturated carbocycles. The van der Waals surface area contributed by atoms with E-state index in [1.807, 2.05) is 16.7 Å². The standard InChI is InChI=1S/C20H13ClF2N2O/c21-12-5-6-13-18(9-12)25(10-11-4-7-15(22)16(23)8-11)17-3-1-2-14(19(13)17)20(24)26/h1-9H,10H2,(H2,24,26). The molecule has 3 aromatic carbocycles. The van der Waals surface area contributed by atoms with Crippen LogP contribution in [0.3, 0.4) is 0 Å². The second-order valence-corrected chi connectivity index (χ2v) is 6.50. The molecule has 0 aliphatic heterocycles. The summed E-state index contributed by atoms with van der Waals surface area (Å²) < 4.78 is 28.7. The van der Waals surface area contributed by atoms with E-state index in [1.165, 1.54) is 6.07 Å². The topological polar surface area (TPSA) is 48.0 Å². The van der Waals surface area contributed by atoms with Gasteiger partial charge in [-0.25, -0.2) is 8.78 Å². The molecular weight excluding hydrogens is 358 g/mol. The Morgan fingerprint density at radius 2 is 1.81 bits per heavy atom. The molecule has 1 amide bonds. The maximum atomic E-state index is 13.6. The maximum absolute atomic E-state index is 13.6. The van der Waals surface area contributed by atoms with E-state index in [0.717, 1.165) is 28.6 Å². The number of aromatic nitrogens is 1. The number of carbonyl (C=O) groups excluding carboxylic acids is 1. The van der Waals surface area contributed by atoms with Crippen LogP contribution in [0.1, 0.15) is 15.9 Å². The first-order valence-corrected chi connectivity index (χ1v) is 8.27. The molecule has 1 aromatic heterocycles. The fourth-order valence-corrected chi connectivity index (χ4v) is 3.48. The highest BCUT2D eigenvalue weighted by molar-refractivity contribution is 6.32. The van der Waals surface area contributed by atoms with Gasteiger partial charge in [0.1, 0.15) is 0 Å². The van der Waals surface area contributed by atoms with Crippen LogP contribution in [0.4, 0.5) is 8.78 Å². The Bertz CT molecular complexity index is 1180. The number of carbonyl (C=O) groups is 1. The molecule has 2 N–H and O–H groups in total. The molecule has 4 rings (SSSR count). The van der Waals surface area contributed by atoms with Crippen molar-refractivity contribution in [1.29, 1.82) is 0 Å². The van der Waals surface area contributed by atoms with Crippen LogP contribution in [0.5, 0.6) is 0 Å². The highest BCUT2D eigenvalue weighted by Crippen LogP contribution is 2.33.